The third-order valence-corrected chi connectivity index (χ3v) is 10.4. The van der Waals surface area contributed by atoms with Crippen molar-refractivity contribution in [2.75, 3.05) is 79.5 Å². The Bertz CT molecular complexity index is 1420. The zero-order chi connectivity index (χ0) is 28.8. The molecule has 12 heteroatoms. The molecule has 1 aromatic carbocycles. The van der Waals surface area contributed by atoms with Gasteiger partial charge >= 0.3 is 0 Å². The van der Waals surface area contributed by atoms with Crippen molar-refractivity contribution in [2.45, 2.75) is 50.0 Å². The van der Waals surface area contributed by atoms with Gasteiger partial charge in [0.25, 0.3) is 5.91 Å². The Labute approximate surface area is 241 Å². The number of nitrogens with one attached hydrogen (secondary N) is 2. The number of pyridine rings is 1. The van der Waals surface area contributed by atoms with Crippen molar-refractivity contribution in [1.82, 2.24) is 9.71 Å². The van der Waals surface area contributed by atoms with Gasteiger partial charge in [-0.1, -0.05) is 0 Å². The number of fused-ring (bicyclic) bond motifs is 1. The quantitative estimate of drug-likeness (QED) is 0.428. The highest BCUT2D eigenvalue weighted by Crippen LogP contribution is 2.54. The van der Waals surface area contributed by atoms with E-state index in [0.717, 1.165) is 69.1 Å². The van der Waals surface area contributed by atoms with Gasteiger partial charge in [0.05, 0.1) is 41.2 Å². The molecule has 3 aliphatic heterocycles. The molecule has 0 bridgehead atoms. The van der Waals surface area contributed by atoms with E-state index in [1.807, 2.05) is 6.07 Å². The van der Waals surface area contributed by atoms with Crippen LogP contribution in [0.25, 0.3) is 0 Å². The zero-order valence-electron chi connectivity index (χ0n) is 23.9. The van der Waals surface area contributed by atoms with Crippen LogP contribution in [0.3, 0.4) is 0 Å². The van der Waals surface area contributed by atoms with Gasteiger partial charge in [0.1, 0.15) is 5.82 Å². The summed E-state index contributed by atoms with van der Waals surface area (Å²) in [7, 11) is -1.76. The van der Waals surface area contributed by atoms with Crippen molar-refractivity contribution < 1.29 is 23.1 Å². The van der Waals surface area contributed by atoms with E-state index in [-0.39, 0.29) is 30.1 Å². The first-order valence-corrected chi connectivity index (χ1v) is 16.1. The van der Waals surface area contributed by atoms with Gasteiger partial charge in [-0.15, -0.1) is 0 Å². The molecule has 3 fully saturated rings. The highest BCUT2D eigenvalue weighted by Gasteiger charge is 2.44. The van der Waals surface area contributed by atoms with Crippen molar-refractivity contribution >= 4 is 38.9 Å². The number of anilines is 4. The minimum Gasteiger partial charge on any atom is -0.395 e. The second kappa shape index (κ2) is 11.0. The van der Waals surface area contributed by atoms with Crippen molar-refractivity contribution in [1.29, 1.82) is 0 Å². The summed E-state index contributed by atoms with van der Waals surface area (Å²) in [5, 5.41) is 12.2. The van der Waals surface area contributed by atoms with Gasteiger partial charge in [-0.05, 0) is 74.3 Å². The first-order chi connectivity index (χ1) is 19.7. The van der Waals surface area contributed by atoms with Crippen molar-refractivity contribution in [3.63, 3.8) is 0 Å². The Morgan fingerprint density at radius 3 is 2.61 bits per heavy atom. The van der Waals surface area contributed by atoms with E-state index in [1.54, 1.807) is 12.1 Å². The van der Waals surface area contributed by atoms with Crippen LogP contribution in [0, 0.1) is 5.41 Å². The number of rotatable bonds is 8. The molecular weight excluding hydrogens is 544 g/mol. The van der Waals surface area contributed by atoms with Crippen LogP contribution in [0.4, 0.5) is 23.0 Å². The Morgan fingerprint density at radius 2 is 1.90 bits per heavy atom. The standard InChI is InChI=1S/C29H40N6O5S/c1-20-19-35(14-16-40-20)27-26-21(5-11-33(26)2)17-25(31-27)32-28(37)23-4-3-22(41(38,39)30-10-15-36)18-24(23)34-12-8-29(6-7-29)9-13-34/h3-4,17-18,20,30,36H,5-16,19H2,1-2H3,(H,31,32,37)/t20-/m1/s1. The summed E-state index contributed by atoms with van der Waals surface area (Å²) in [5.41, 5.74) is 3.70. The molecule has 41 heavy (non-hydrogen) atoms. The van der Waals surface area contributed by atoms with E-state index in [1.165, 1.54) is 18.9 Å². The molecule has 1 atom stereocenters. The van der Waals surface area contributed by atoms with Gasteiger partial charge in [0, 0.05) is 46.3 Å². The number of aromatic nitrogens is 1. The fourth-order valence-electron chi connectivity index (χ4n) is 6.36. The minimum atomic E-state index is -3.83. The maximum atomic E-state index is 13.8. The van der Waals surface area contributed by atoms with Crippen molar-refractivity contribution in [3.8, 4) is 0 Å². The number of piperidine rings is 1. The van der Waals surface area contributed by atoms with E-state index < -0.39 is 10.0 Å². The molecule has 1 saturated carbocycles. The topological polar surface area (TPSA) is 127 Å². The average Bonchev–Trinajstić information content (AvgIpc) is 3.62. The summed E-state index contributed by atoms with van der Waals surface area (Å²) in [6, 6.07) is 6.59. The fraction of sp³-hybridized carbons (Fsp3) is 0.586. The van der Waals surface area contributed by atoms with Gasteiger partial charge < -0.3 is 29.9 Å². The first-order valence-electron chi connectivity index (χ1n) is 14.6. The summed E-state index contributed by atoms with van der Waals surface area (Å²) < 4.78 is 33.9. The Balaban J connectivity index is 1.32. The summed E-state index contributed by atoms with van der Waals surface area (Å²) >= 11 is 0. The Morgan fingerprint density at radius 1 is 1.12 bits per heavy atom. The number of morpholine rings is 1. The predicted octanol–water partition coefficient (Wildman–Crippen LogP) is 2.20. The van der Waals surface area contributed by atoms with E-state index in [2.05, 4.69) is 38.7 Å². The lowest BCUT2D eigenvalue weighted by atomic mass is 9.93. The van der Waals surface area contributed by atoms with E-state index in [4.69, 9.17) is 14.8 Å². The van der Waals surface area contributed by atoms with Gasteiger partial charge in [-0.3, -0.25) is 4.79 Å². The number of aliphatic hydroxyl groups excluding tert-OH is 1. The number of hydrogen-bond acceptors (Lipinski definition) is 9. The minimum absolute atomic E-state index is 0.0738. The largest absolute Gasteiger partial charge is 0.395 e. The lowest BCUT2D eigenvalue weighted by Crippen LogP contribution is -2.42. The molecule has 11 nitrogen and oxygen atoms in total. The summed E-state index contributed by atoms with van der Waals surface area (Å²) in [6.45, 7) is 6.21. The number of benzene rings is 1. The van der Waals surface area contributed by atoms with Crippen LogP contribution in [-0.4, -0.2) is 90.0 Å². The molecule has 0 unspecified atom stereocenters. The molecule has 1 spiro atoms. The number of amides is 1. The van der Waals surface area contributed by atoms with Crippen LogP contribution in [0.2, 0.25) is 0 Å². The average molecular weight is 585 g/mol. The number of carbonyl (C=O) groups is 1. The number of nitrogens with zero attached hydrogens (tertiary/aromatic N) is 4. The Hall–Kier alpha value is -2.93. The molecule has 1 aromatic heterocycles. The molecule has 3 N–H and O–H groups in total. The van der Waals surface area contributed by atoms with Gasteiger partial charge in [-0.25, -0.2) is 18.1 Å². The van der Waals surface area contributed by atoms with Crippen LogP contribution < -0.4 is 24.7 Å². The third-order valence-electron chi connectivity index (χ3n) is 8.98. The van der Waals surface area contributed by atoms with E-state index in [9.17, 15) is 13.2 Å². The van der Waals surface area contributed by atoms with Crippen LogP contribution in [-0.2, 0) is 21.2 Å². The SMILES string of the molecule is C[C@@H]1CN(c2nc(NC(=O)c3ccc(S(=O)(=O)NCCO)cc3N3CCC4(CC3)CC4)cc3c2N(C)CC3)CCO1. The molecule has 6 rings (SSSR count). The van der Waals surface area contributed by atoms with E-state index >= 15 is 0 Å². The first kappa shape index (κ1) is 28.2. The number of hydrogen-bond donors (Lipinski definition) is 3. The number of likely N-dealkylation sites (N-methyl/N-ethyl adjacent to an activating group) is 1. The lowest BCUT2D eigenvalue weighted by molar-refractivity contribution is 0.0530. The lowest BCUT2D eigenvalue weighted by Gasteiger charge is -2.35. The number of ether oxygens (including phenoxy) is 1. The van der Waals surface area contributed by atoms with Gasteiger partial charge in [-0.2, -0.15) is 0 Å². The van der Waals surface area contributed by atoms with E-state index in [0.29, 0.717) is 29.1 Å². The molecular formula is C29H40N6O5S. The number of aliphatic hydroxyl groups is 1. The normalized spacial score (nSPS) is 21.7. The van der Waals surface area contributed by atoms with Crippen molar-refractivity contribution in [3.05, 3.63) is 35.4 Å². The van der Waals surface area contributed by atoms with Gasteiger partial charge in [0.2, 0.25) is 10.0 Å². The van der Waals surface area contributed by atoms with Crippen molar-refractivity contribution in [2.24, 2.45) is 5.41 Å². The molecule has 222 valence electrons. The summed E-state index contributed by atoms with van der Waals surface area (Å²) in [4.78, 5) is 25.4. The molecule has 0 radical (unpaired) electrons. The maximum absolute atomic E-state index is 13.8. The molecule has 4 aliphatic rings. The summed E-state index contributed by atoms with van der Waals surface area (Å²) in [6.07, 6.45) is 5.53. The highest BCUT2D eigenvalue weighted by atomic mass is 32.2. The molecule has 1 aliphatic carbocycles. The van der Waals surface area contributed by atoms with Crippen LogP contribution in [0.15, 0.2) is 29.2 Å². The van der Waals surface area contributed by atoms with Gasteiger partial charge in [0.15, 0.2) is 5.82 Å². The molecule has 1 amide bonds. The second-order valence-corrected chi connectivity index (χ2v) is 13.6. The van der Waals surface area contributed by atoms with Crippen LogP contribution in [0.5, 0.6) is 0 Å². The maximum Gasteiger partial charge on any atom is 0.258 e. The smallest absolute Gasteiger partial charge is 0.258 e. The molecule has 4 heterocycles. The zero-order valence-corrected chi connectivity index (χ0v) is 24.7. The van der Waals surface area contributed by atoms with Crippen LogP contribution >= 0.6 is 0 Å². The fourth-order valence-corrected chi connectivity index (χ4v) is 7.40. The molecule has 2 saturated heterocycles. The highest BCUT2D eigenvalue weighted by molar-refractivity contribution is 7.89. The number of carbonyl (C=O) groups excluding carboxylic acids is 1. The Kier molecular flexibility index (Phi) is 7.60. The monoisotopic (exact) mass is 584 g/mol. The van der Waals surface area contributed by atoms with Crippen LogP contribution in [0.1, 0.15) is 48.5 Å². The second-order valence-electron chi connectivity index (χ2n) is 11.9. The predicted molar refractivity (Wildman–Crippen MR) is 159 cm³/mol. The molecule has 2 aromatic rings. The summed E-state index contributed by atoms with van der Waals surface area (Å²) in [5.74, 6) is 1.02. The number of sulfonamides is 1. The third kappa shape index (κ3) is 5.75.